The van der Waals surface area contributed by atoms with Gasteiger partial charge in [0.25, 0.3) is 0 Å². The Morgan fingerprint density at radius 2 is 2.05 bits per heavy atom. The molecule has 0 amide bonds. The predicted octanol–water partition coefficient (Wildman–Crippen LogP) is 4.46. The van der Waals surface area contributed by atoms with Crippen molar-refractivity contribution in [1.82, 2.24) is 0 Å². The molecule has 1 saturated carbocycles. The molecule has 0 saturated heterocycles. The molecule has 1 N–H and O–H groups in total. The van der Waals surface area contributed by atoms with Gasteiger partial charge in [0.2, 0.25) is 0 Å². The molecule has 2 aliphatic rings. The van der Waals surface area contributed by atoms with Gasteiger partial charge in [0.15, 0.2) is 0 Å². The Bertz CT molecular complexity index is 488. The Morgan fingerprint density at radius 3 is 2.79 bits per heavy atom. The molecule has 2 nitrogen and oxygen atoms in total. The SMILES string of the molecule is CC1CCC2(CC1C)C[C@@H](O)c1cc(Br)ccc1O2. The van der Waals surface area contributed by atoms with E-state index in [-0.39, 0.29) is 5.60 Å². The van der Waals surface area contributed by atoms with Gasteiger partial charge < -0.3 is 9.84 Å². The molecule has 1 aromatic rings. The minimum absolute atomic E-state index is 0.147. The molecule has 3 unspecified atom stereocenters. The molecule has 1 fully saturated rings. The van der Waals surface area contributed by atoms with Crippen LogP contribution in [-0.4, -0.2) is 10.7 Å². The summed E-state index contributed by atoms with van der Waals surface area (Å²) in [4.78, 5) is 0. The highest BCUT2D eigenvalue weighted by atomic mass is 79.9. The highest BCUT2D eigenvalue weighted by molar-refractivity contribution is 9.10. The Kier molecular flexibility index (Phi) is 3.38. The van der Waals surface area contributed by atoms with Crippen LogP contribution in [-0.2, 0) is 0 Å². The number of halogens is 1. The molecule has 3 heteroatoms. The largest absolute Gasteiger partial charge is 0.487 e. The second-order valence-corrected chi connectivity index (χ2v) is 7.30. The van der Waals surface area contributed by atoms with Gasteiger partial charge in [-0.15, -0.1) is 0 Å². The van der Waals surface area contributed by atoms with E-state index in [1.807, 2.05) is 18.2 Å². The first-order valence-corrected chi connectivity index (χ1v) is 7.95. The highest BCUT2D eigenvalue weighted by Crippen LogP contribution is 2.49. The molecular formula is C16H21BrO2. The van der Waals surface area contributed by atoms with Gasteiger partial charge in [-0.2, -0.15) is 0 Å². The average Bonchev–Trinajstić information content (AvgIpc) is 2.36. The predicted molar refractivity (Wildman–Crippen MR) is 79.3 cm³/mol. The summed E-state index contributed by atoms with van der Waals surface area (Å²) in [5, 5.41) is 10.5. The summed E-state index contributed by atoms with van der Waals surface area (Å²) < 4.78 is 7.32. The van der Waals surface area contributed by atoms with E-state index >= 15 is 0 Å². The lowest BCUT2D eigenvalue weighted by molar-refractivity contribution is -0.0602. The summed E-state index contributed by atoms with van der Waals surface area (Å²) in [6.07, 6.45) is 3.64. The van der Waals surface area contributed by atoms with Crippen LogP contribution in [0.25, 0.3) is 0 Å². The maximum absolute atomic E-state index is 10.5. The number of benzene rings is 1. The standard InChI is InChI=1S/C16H21BrO2/c1-10-5-6-16(8-11(10)2)9-14(18)13-7-12(17)3-4-15(13)19-16/h3-4,7,10-11,14,18H,5-6,8-9H2,1-2H3/t10?,11?,14-,16?/m1/s1. The smallest absolute Gasteiger partial charge is 0.126 e. The number of ether oxygens (including phenoxy) is 1. The summed E-state index contributed by atoms with van der Waals surface area (Å²) in [7, 11) is 0. The lowest BCUT2D eigenvalue weighted by atomic mass is 9.70. The van der Waals surface area contributed by atoms with Crippen molar-refractivity contribution < 1.29 is 9.84 Å². The second-order valence-electron chi connectivity index (χ2n) is 6.38. The topological polar surface area (TPSA) is 29.5 Å². The Hall–Kier alpha value is -0.540. The Balaban J connectivity index is 1.90. The number of rotatable bonds is 0. The fraction of sp³-hybridized carbons (Fsp3) is 0.625. The molecule has 1 spiro atoms. The van der Waals surface area contributed by atoms with E-state index in [4.69, 9.17) is 4.74 Å². The summed E-state index contributed by atoms with van der Waals surface area (Å²) in [6, 6.07) is 5.94. The Morgan fingerprint density at radius 1 is 1.26 bits per heavy atom. The van der Waals surface area contributed by atoms with Crippen LogP contribution in [0.5, 0.6) is 5.75 Å². The number of aliphatic hydroxyl groups is 1. The van der Waals surface area contributed by atoms with E-state index in [1.165, 1.54) is 6.42 Å². The quantitative estimate of drug-likeness (QED) is 0.763. The second kappa shape index (κ2) is 4.78. The lowest BCUT2D eigenvalue weighted by Gasteiger charge is -2.46. The van der Waals surface area contributed by atoms with Crippen molar-refractivity contribution in [2.24, 2.45) is 11.8 Å². The molecule has 19 heavy (non-hydrogen) atoms. The van der Waals surface area contributed by atoms with Gasteiger partial charge in [-0.1, -0.05) is 29.8 Å². The summed E-state index contributed by atoms with van der Waals surface area (Å²) in [6.45, 7) is 4.63. The van der Waals surface area contributed by atoms with Crippen molar-refractivity contribution in [2.45, 2.75) is 51.2 Å². The van der Waals surface area contributed by atoms with Crippen LogP contribution in [0.4, 0.5) is 0 Å². The summed E-state index contributed by atoms with van der Waals surface area (Å²) in [5.74, 6) is 2.29. The van der Waals surface area contributed by atoms with E-state index in [1.54, 1.807) is 0 Å². The number of fused-ring (bicyclic) bond motifs is 1. The third kappa shape index (κ3) is 2.43. The van der Waals surface area contributed by atoms with E-state index in [0.29, 0.717) is 5.92 Å². The third-order valence-electron chi connectivity index (χ3n) is 4.94. The average molecular weight is 325 g/mol. The van der Waals surface area contributed by atoms with E-state index in [0.717, 1.165) is 41.0 Å². The minimum Gasteiger partial charge on any atom is -0.487 e. The molecule has 0 aromatic heterocycles. The molecule has 1 heterocycles. The van der Waals surface area contributed by atoms with Crippen LogP contribution in [0.3, 0.4) is 0 Å². The van der Waals surface area contributed by atoms with Crippen LogP contribution in [0.2, 0.25) is 0 Å². The number of aliphatic hydroxyl groups excluding tert-OH is 1. The first-order chi connectivity index (χ1) is 8.99. The van der Waals surface area contributed by atoms with Crippen molar-refractivity contribution in [2.75, 3.05) is 0 Å². The van der Waals surface area contributed by atoms with Crippen molar-refractivity contribution in [3.05, 3.63) is 28.2 Å². The molecule has 4 atom stereocenters. The van der Waals surface area contributed by atoms with Gasteiger partial charge in [0.1, 0.15) is 11.4 Å². The van der Waals surface area contributed by atoms with E-state index in [9.17, 15) is 5.11 Å². The van der Waals surface area contributed by atoms with Gasteiger partial charge in [-0.05, 0) is 49.3 Å². The molecule has 104 valence electrons. The molecule has 0 bridgehead atoms. The van der Waals surface area contributed by atoms with Gasteiger partial charge >= 0.3 is 0 Å². The molecule has 0 radical (unpaired) electrons. The molecule has 1 aliphatic carbocycles. The van der Waals surface area contributed by atoms with Crippen LogP contribution in [0.15, 0.2) is 22.7 Å². The molecule has 3 rings (SSSR count). The van der Waals surface area contributed by atoms with Crippen LogP contribution in [0, 0.1) is 11.8 Å². The fourth-order valence-corrected chi connectivity index (χ4v) is 3.93. The number of hydrogen-bond donors (Lipinski definition) is 1. The lowest BCUT2D eigenvalue weighted by Crippen LogP contribution is -2.46. The van der Waals surface area contributed by atoms with E-state index < -0.39 is 6.10 Å². The van der Waals surface area contributed by atoms with Crippen molar-refractivity contribution in [3.8, 4) is 5.75 Å². The normalized spacial score (nSPS) is 37.8. The van der Waals surface area contributed by atoms with Gasteiger partial charge in [-0.3, -0.25) is 0 Å². The molecule has 1 aromatic carbocycles. The monoisotopic (exact) mass is 324 g/mol. The maximum Gasteiger partial charge on any atom is 0.126 e. The zero-order valence-electron chi connectivity index (χ0n) is 11.5. The summed E-state index contributed by atoms with van der Waals surface area (Å²) >= 11 is 3.46. The fourth-order valence-electron chi connectivity index (χ4n) is 3.55. The zero-order valence-corrected chi connectivity index (χ0v) is 13.1. The van der Waals surface area contributed by atoms with Gasteiger partial charge in [0, 0.05) is 16.5 Å². The summed E-state index contributed by atoms with van der Waals surface area (Å²) in [5.41, 5.74) is 0.776. The van der Waals surface area contributed by atoms with Crippen LogP contribution in [0.1, 0.15) is 51.2 Å². The van der Waals surface area contributed by atoms with Crippen LogP contribution >= 0.6 is 15.9 Å². The van der Waals surface area contributed by atoms with Crippen molar-refractivity contribution in [3.63, 3.8) is 0 Å². The minimum atomic E-state index is -0.401. The van der Waals surface area contributed by atoms with Crippen LogP contribution < -0.4 is 4.74 Å². The number of hydrogen-bond acceptors (Lipinski definition) is 2. The zero-order chi connectivity index (χ0) is 13.6. The third-order valence-corrected chi connectivity index (χ3v) is 5.44. The van der Waals surface area contributed by atoms with E-state index in [2.05, 4.69) is 29.8 Å². The molecular weight excluding hydrogens is 304 g/mol. The first kappa shape index (κ1) is 13.4. The van der Waals surface area contributed by atoms with Crippen molar-refractivity contribution >= 4 is 15.9 Å². The maximum atomic E-state index is 10.5. The first-order valence-electron chi connectivity index (χ1n) is 7.16. The highest BCUT2D eigenvalue weighted by Gasteiger charge is 2.44. The Labute approximate surface area is 123 Å². The van der Waals surface area contributed by atoms with Gasteiger partial charge in [-0.25, -0.2) is 0 Å². The molecule has 1 aliphatic heterocycles. The van der Waals surface area contributed by atoms with Gasteiger partial charge in [0.05, 0.1) is 6.10 Å². The van der Waals surface area contributed by atoms with Crippen molar-refractivity contribution in [1.29, 1.82) is 0 Å².